The van der Waals surface area contributed by atoms with E-state index in [1.807, 2.05) is 0 Å². The van der Waals surface area contributed by atoms with Gasteiger partial charge in [-0.25, -0.2) is 0 Å². The monoisotopic (exact) mass is 268 g/mol. The molecule has 0 aromatic carbocycles. The second kappa shape index (κ2) is 6.23. The summed E-state index contributed by atoms with van der Waals surface area (Å²) in [6, 6.07) is 0.641. The van der Waals surface area contributed by atoms with Crippen LogP contribution in [0.25, 0.3) is 0 Å². The lowest BCUT2D eigenvalue weighted by Gasteiger charge is -2.30. The van der Waals surface area contributed by atoms with Crippen LogP contribution in [0.3, 0.4) is 0 Å². The van der Waals surface area contributed by atoms with E-state index in [0.29, 0.717) is 11.5 Å². The molecule has 0 atom stereocenters. The second-order valence-electron chi connectivity index (χ2n) is 6.79. The van der Waals surface area contributed by atoms with Gasteiger partial charge in [-0.15, -0.1) is 0 Å². The maximum Gasteiger partial charge on any atom is 0.169 e. The average molecular weight is 268 g/mol. The van der Waals surface area contributed by atoms with E-state index in [-0.39, 0.29) is 0 Å². The van der Waals surface area contributed by atoms with Gasteiger partial charge in [0, 0.05) is 19.1 Å². The Morgan fingerprint density at radius 1 is 1.06 bits per heavy atom. The molecule has 1 saturated heterocycles. The fourth-order valence-electron chi connectivity index (χ4n) is 3.14. The van der Waals surface area contributed by atoms with Crippen molar-refractivity contribution in [1.82, 2.24) is 10.2 Å². The first-order valence-electron chi connectivity index (χ1n) is 7.62. The first kappa shape index (κ1) is 14.1. The van der Waals surface area contributed by atoms with E-state index >= 15 is 0 Å². The molecule has 2 rings (SSSR count). The van der Waals surface area contributed by atoms with Gasteiger partial charge in [0.2, 0.25) is 0 Å². The Kier molecular flexibility index (Phi) is 4.88. The molecule has 0 aromatic rings. The van der Waals surface area contributed by atoms with E-state index in [1.54, 1.807) is 0 Å². The predicted molar refractivity (Wildman–Crippen MR) is 81.8 cm³/mol. The summed E-state index contributed by atoms with van der Waals surface area (Å²) in [7, 11) is 0. The number of hydrogen-bond acceptors (Lipinski definition) is 1. The lowest BCUT2D eigenvalue weighted by Crippen LogP contribution is -2.45. The molecular formula is C15H28N2S. The van der Waals surface area contributed by atoms with Crippen LogP contribution in [0.15, 0.2) is 0 Å². The van der Waals surface area contributed by atoms with Crippen molar-refractivity contribution < 1.29 is 0 Å². The van der Waals surface area contributed by atoms with Crippen molar-refractivity contribution in [2.75, 3.05) is 13.1 Å². The predicted octanol–water partition coefficient (Wildman–Crippen LogP) is 3.71. The summed E-state index contributed by atoms with van der Waals surface area (Å²) in [6.07, 6.45) is 10.6. The minimum Gasteiger partial charge on any atom is -0.360 e. The topological polar surface area (TPSA) is 15.3 Å². The highest BCUT2D eigenvalue weighted by Crippen LogP contribution is 2.29. The van der Waals surface area contributed by atoms with Crippen LogP contribution in [0.2, 0.25) is 0 Å². The van der Waals surface area contributed by atoms with Crippen molar-refractivity contribution in [2.24, 2.45) is 5.41 Å². The summed E-state index contributed by atoms with van der Waals surface area (Å²) in [4.78, 5) is 2.40. The molecule has 3 heteroatoms. The Labute approximate surface area is 118 Å². The maximum atomic E-state index is 5.60. The maximum absolute atomic E-state index is 5.60. The lowest BCUT2D eigenvalue weighted by atomic mass is 9.85. The van der Waals surface area contributed by atoms with E-state index in [9.17, 15) is 0 Å². The molecule has 0 bridgehead atoms. The number of nitrogens with zero attached hydrogens (tertiary/aromatic N) is 1. The van der Waals surface area contributed by atoms with Crippen molar-refractivity contribution in [2.45, 2.75) is 71.3 Å². The Hall–Kier alpha value is -0.310. The smallest absolute Gasteiger partial charge is 0.169 e. The molecule has 0 unspecified atom stereocenters. The van der Waals surface area contributed by atoms with Gasteiger partial charge in [0.1, 0.15) is 0 Å². The van der Waals surface area contributed by atoms with E-state index in [4.69, 9.17) is 12.2 Å². The van der Waals surface area contributed by atoms with Crippen LogP contribution in [-0.4, -0.2) is 29.1 Å². The Balaban J connectivity index is 1.81. The van der Waals surface area contributed by atoms with Crippen molar-refractivity contribution in [3.05, 3.63) is 0 Å². The summed E-state index contributed by atoms with van der Waals surface area (Å²) < 4.78 is 0. The van der Waals surface area contributed by atoms with E-state index < -0.39 is 0 Å². The molecule has 2 nitrogen and oxygen atoms in total. The summed E-state index contributed by atoms with van der Waals surface area (Å²) in [5, 5.41) is 4.61. The molecule has 0 spiro atoms. The van der Waals surface area contributed by atoms with Crippen LogP contribution < -0.4 is 5.32 Å². The molecule has 104 valence electrons. The third-order valence-electron chi connectivity index (χ3n) is 4.56. The van der Waals surface area contributed by atoms with Gasteiger partial charge in [-0.1, -0.05) is 33.1 Å². The molecule has 2 fully saturated rings. The first-order valence-corrected chi connectivity index (χ1v) is 8.03. The van der Waals surface area contributed by atoms with Crippen LogP contribution in [0.4, 0.5) is 0 Å². The van der Waals surface area contributed by atoms with Gasteiger partial charge >= 0.3 is 0 Å². The average Bonchev–Trinajstić information content (AvgIpc) is 2.51. The third-order valence-corrected chi connectivity index (χ3v) is 4.94. The first-order chi connectivity index (χ1) is 8.57. The molecule has 1 N–H and O–H groups in total. The van der Waals surface area contributed by atoms with Crippen LogP contribution >= 0.6 is 12.2 Å². The van der Waals surface area contributed by atoms with E-state index in [1.165, 1.54) is 51.4 Å². The molecular weight excluding hydrogens is 240 g/mol. The van der Waals surface area contributed by atoms with Crippen LogP contribution in [0, 0.1) is 5.41 Å². The Bertz CT molecular complexity index is 282. The number of rotatable bonds is 1. The highest BCUT2D eigenvalue weighted by atomic mass is 32.1. The van der Waals surface area contributed by atoms with Crippen LogP contribution in [0.1, 0.15) is 65.2 Å². The van der Waals surface area contributed by atoms with Gasteiger partial charge in [0.05, 0.1) is 0 Å². The van der Waals surface area contributed by atoms with Crippen LogP contribution in [-0.2, 0) is 0 Å². The van der Waals surface area contributed by atoms with Gasteiger partial charge in [-0.2, -0.15) is 0 Å². The molecule has 1 saturated carbocycles. The number of thiocarbonyl (C=S) groups is 1. The van der Waals surface area contributed by atoms with Crippen molar-refractivity contribution >= 4 is 17.3 Å². The van der Waals surface area contributed by atoms with E-state index in [2.05, 4.69) is 24.1 Å². The summed E-state index contributed by atoms with van der Waals surface area (Å²) in [6.45, 7) is 7.04. The minimum atomic E-state index is 0.495. The molecule has 0 radical (unpaired) electrons. The molecule has 0 amide bonds. The number of nitrogens with one attached hydrogen (secondary N) is 1. The highest BCUT2D eigenvalue weighted by Gasteiger charge is 2.25. The SMILES string of the molecule is CC1(C)CCCN(C(=S)NC2CCCCC2)CC1. The number of likely N-dealkylation sites (tertiary alicyclic amines) is 1. The van der Waals surface area contributed by atoms with Gasteiger partial charge < -0.3 is 10.2 Å². The fraction of sp³-hybridized carbons (Fsp3) is 0.933. The van der Waals surface area contributed by atoms with Crippen LogP contribution in [0.5, 0.6) is 0 Å². The van der Waals surface area contributed by atoms with Gasteiger partial charge in [0.25, 0.3) is 0 Å². The third kappa shape index (κ3) is 4.11. The normalized spacial score (nSPS) is 25.6. The summed E-state index contributed by atoms with van der Waals surface area (Å²) >= 11 is 5.60. The minimum absolute atomic E-state index is 0.495. The standard InChI is InChI=1S/C15H28N2S/c1-15(2)9-6-11-17(12-10-15)14(18)16-13-7-4-3-5-8-13/h13H,3-12H2,1-2H3,(H,16,18). The summed E-state index contributed by atoms with van der Waals surface area (Å²) in [5.74, 6) is 0. The molecule has 1 aliphatic heterocycles. The van der Waals surface area contributed by atoms with Crippen molar-refractivity contribution in [3.8, 4) is 0 Å². The molecule has 18 heavy (non-hydrogen) atoms. The largest absolute Gasteiger partial charge is 0.360 e. The number of hydrogen-bond donors (Lipinski definition) is 1. The highest BCUT2D eigenvalue weighted by molar-refractivity contribution is 7.80. The van der Waals surface area contributed by atoms with Gasteiger partial charge in [0.15, 0.2) is 5.11 Å². The van der Waals surface area contributed by atoms with Gasteiger partial charge in [-0.3, -0.25) is 0 Å². The molecule has 0 aromatic heterocycles. The molecule has 1 heterocycles. The summed E-state index contributed by atoms with van der Waals surface area (Å²) in [5.41, 5.74) is 0.495. The zero-order valence-electron chi connectivity index (χ0n) is 12.0. The lowest BCUT2D eigenvalue weighted by molar-refractivity contribution is 0.311. The molecule has 2 aliphatic rings. The Morgan fingerprint density at radius 2 is 1.78 bits per heavy atom. The second-order valence-corrected chi connectivity index (χ2v) is 7.18. The Morgan fingerprint density at radius 3 is 2.50 bits per heavy atom. The molecule has 1 aliphatic carbocycles. The van der Waals surface area contributed by atoms with Crippen molar-refractivity contribution in [1.29, 1.82) is 0 Å². The fourth-order valence-corrected chi connectivity index (χ4v) is 3.49. The van der Waals surface area contributed by atoms with Gasteiger partial charge in [-0.05, 0) is 49.7 Å². The van der Waals surface area contributed by atoms with E-state index in [0.717, 1.165) is 18.2 Å². The zero-order chi connectivity index (χ0) is 13.0. The van der Waals surface area contributed by atoms with Crippen molar-refractivity contribution in [3.63, 3.8) is 0 Å². The quantitative estimate of drug-likeness (QED) is 0.730. The zero-order valence-corrected chi connectivity index (χ0v) is 12.8.